The second-order valence-corrected chi connectivity index (χ2v) is 5.19. The summed E-state index contributed by atoms with van der Waals surface area (Å²) in [6.45, 7) is 5.58. The molecular formula is C11H14BrN3. The van der Waals surface area contributed by atoms with Crippen LogP contribution in [0.25, 0.3) is 0 Å². The van der Waals surface area contributed by atoms with Crippen LogP contribution in [0.4, 0.5) is 5.69 Å². The lowest BCUT2D eigenvalue weighted by Crippen LogP contribution is -2.55. The maximum atomic E-state index is 4.35. The Morgan fingerprint density at radius 1 is 1.53 bits per heavy atom. The zero-order chi connectivity index (χ0) is 10.4. The van der Waals surface area contributed by atoms with Crippen LogP contribution in [-0.2, 0) is 0 Å². The number of halogens is 1. The number of hydrogen-bond donors (Lipinski definition) is 1. The van der Waals surface area contributed by atoms with E-state index in [9.17, 15) is 0 Å². The third-order valence-electron chi connectivity index (χ3n) is 3.47. The molecule has 2 aliphatic heterocycles. The first-order valence-corrected chi connectivity index (χ1v) is 6.14. The van der Waals surface area contributed by atoms with Crippen molar-refractivity contribution in [2.75, 3.05) is 24.5 Å². The number of rotatable bonds is 1. The van der Waals surface area contributed by atoms with Gasteiger partial charge in [-0.25, -0.2) is 4.98 Å². The average molecular weight is 268 g/mol. The summed E-state index contributed by atoms with van der Waals surface area (Å²) in [4.78, 5) is 6.81. The van der Waals surface area contributed by atoms with Gasteiger partial charge in [-0.15, -0.1) is 0 Å². The average Bonchev–Trinajstić information content (AvgIpc) is 2.54. The summed E-state index contributed by atoms with van der Waals surface area (Å²) in [5.41, 5.74) is 2.47. The Morgan fingerprint density at radius 3 is 3.13 bits per heavy atom. The highest BCUT2D eigenvalue weighted by Crippen LogP contribution is 2.33. The van der Waals surface area contributed by atoms with Crippen molar-refractivity contribution < 1.29 is 0 Å². The van der Waals surface area contributed by atoms with Gasteiger partial charge >= 0.3 is 0 Å². The van der Waals surface area contributed by atoms with E-state index in [1.807, 2.05) is 6.20 Å². The minimum Gasteiger partial charge on any atom is -0.365 e. The van der Waals surface area contributed by atoms with Gasteiger partial charge in [-0.05, 0) is 34.5 Å². The first kappa shape index (κ1) is 9.60. The van der Waals surface area contributed by atoms with Crippen molar-refractivity contribution in [1.82, 2.24) is 10.3 Å². The van der Waals surface area contributed by atoms with Gasteiger partial charge in [0, 0.05) is 31.6 Å². The first-order chi connectivity index (χ1) is 7.25. The molecule has 80 valence electrons. The Hall–Kier alpha value is -0.610. The van der Waals surface area contributed by atoms with Gasteiger partial charge in [-0.2, -0.15) is 0 Å². The van der Waals surface area contributed by atoms with E-state index in [1.165, 1.54) is 24.3 Å². The van der Waals surface area contributed by atoms with Gasteiger partial charge in [-0.1, -0.05) is 0 Å². The molecule has 1 aromatic heterocycles. The molecule has 0 aliphatic carbocycles. The number of nitrogens with zero attached hydrogens (tertiary/aromatic N) is 2. The Bertz CT molecular complexity index is 393. The fourth-order valence-electron chi connectivity index (χ4n) is 2.52. The highest BCUT2D eigenvalue weighted by Gasteiger charge is 2.42. The van der Waals surface area contributed by atoms with Crippen molar-refractivity contribution in [3.8, 4) is 0 Å². The van der Waals surface area contributed by atoms with Crippen LogP contribution in [0.2, 0.25) is 0 Å². The van der Waals surface area contributed by atoms with E-state index in [4.69, 9.17) is 0 Å². The number of anilines is 1. The second kappa shape index (κ2) is 3.46. The van der Waals surface area contributed by atoms with Crippen LogP contribution < -0.4 is 10.2 Å². The molecule has 15 heavy (non-hydrogen) atoms. The maximum Gasteiger partial charge on any atom is 0.109 e. The van der Waals surface area contributed by atoms with Gasteiger partial charge in [0.2, 0.25) is 0 Å². The number of pyridine rings is 1. The van der Waals surface area contributed by atoms with Gasteiger partial charge in [0.15, 0.2) is 0 Å². The number of nitrogens with one attached hydrogen (secondary N) is 1. The quantitative estimate of drug-likeness (QED) is 0.783. The SMILES string of the molecule is Cc1cc(N2C[C@H]3CNC[C@H]32)cnc1Br. The van der Waals surface area contributed by atoms with E-state index in [0.717, 1.165) is 17.1 Å². The summed E-state index contributed by atoms with van der Waals surface area (Å²) in [6.07, 6.45) is 1.96. The molecule has 1 N–H and O–H groups in total. The highest BCUT2D eigenvalue weighted by atomic mass is 79.9. The van der Waals surface area contributed by atoms with Crippen molar-refractivity contribution in [2.45, 2.75) is 13.0 Å². The zero-order valence-corrected chi connectivity index (χ0v) is 10.3. The molecule has 3 rings (SSSR count). The Morgan fingerprint density at radius 2 is 2.40 bits per heavy atom. The monoisotopic (exact) mass is 267 g/mol. The van der Waals surface area contributed by atoms with Gasteiger partial charge in [-0.3, -0.25) is 0 Å². The molecule has 3 nitrogen and oxygen atoms in total. The molecule has 0 spiro atoms. The molecule has 2 atom stereocenters. The molecule has 0 unspecified atom stereocenters. The van der Waals surface area contributed by atoms with Gasteiger partial charge in [0.1, 0.15) is 4.60 Å². The van der Waals surface area contributed by atoms with Crippen LogP contribution in [-0.4, -0.2) is 30.7 Å². The predicted octanol–water partition coefficient (Wildman–Crippen LogP) is 1.56. The largest absolute Gasteiger partial charge is 0.365 e. The number of aromatic nitrogens is 1. The molecule has 2 aliphatic rings. The third kappa shape index (κ3) is 1.47. The molecular weight excluding hydrogens is 254 g/mol. The summed E-state index contributed by atoms with van der Waals surface area (Å²) in [6, 6.07) is 2.92. The molecule has 0 saturated carbocycles. The van der Waals surface area contributed by atoms with Crippen LogP contribution in [0.1, 0.15) is 5.56 Å². The van der Waals surface area contributed by atoms with Crippen molar-refractivity contribution in [2.24, 2.45) is 5.92 Å². The smallest absolute Gasteiger partial charge is 0.109 e. The topological polar surface area (TPSA) is 28.2 Å². The van der Waals surface area contributed by atoms with Crippen molar-refractivity contribution in [3.05, 3.63) is 22.4 Å². The summed E-state index contributed by atoms with van der Waals surface area (Å²) < 4.78 is 0.952. The van der Waals surface area contributed by atoms with Crippen LogP contribution in [0, 0.1) is 12.8 Å². The zero-order valence-electron chi connectivity index (χ0n) is 8.70. The number of aryl methyl sites for hydroxylation is 1. The minimum absolute atomic E-state index is 0.701. The van der Waals surface area contributed by atoms with Gasteiger partial charge < -0.3 is 10.2 Å². The number of fused-ring (bicyclic) bond motifs is 1. The summed E-state index contributed by atoms with van der Waals surface area (Å²) in [7, 11) is 0. The van der Waals surface area contributed by atoms with Crippen LogP contribution >= 0.6 is 15.9 Å². The summed E-state index contributed by atoms with van der Waals surface area (Å²) >= 11 is 3.43. The third-order valence-corrected chi connectivity index (χ3v) is 4.30. The van der Waals surface area contributed by atoms with Crippen LogP contribution in [0.5, 0.6) is 0 Å². The first-order valence-electron chi connectivity index (χ1n) is 5.35. The van der Waals surface area contributed by atoms with Crippen LogP contribution in [0.15, 0.2) is 16.9 Å². The normalized spacial score (nSPS) is 28.8. The maximum absolute atomic E-state index is 4.35. The Labute approximate surface area is 98.0 Å². The molecule has 0 radical (unpaired) electrons. The van der Waals surface area contributed by atoms with E-state index in [0.29, 0.717) is 6.04 Å². The lowest BCUT2D eigenvalue weighted by atomic mass is 9.91. The van der Waals surface area contributed by atoms with E-state index in [1.54, 1.807) is 0 Å². The molecule has 1 aromatic rings. The van der Waals surface area contributed by atoms with Crippen LogP contribution in [0.3, 0.4) is 0 Å². The number of hydrogen-bond acceptors (Lipinski definition) is 3. The second-order valence-electron chi connectivity index (χ2n) is 4.44. The molecule has 0 aromatic carbocycles. The predicted molar refractivity (Wildman–Crippen MR) is 64.2 cm³/mol. The summed E-state index contributed by atoms with van der Waals surface area (Å²) in [5, 5.41) is 3.44. The van der Waals surface area contributed by atoms with Crippen molar-refractivity contribution in [3.63, 3.8) is 0 Å². The molecule has 3 heterocycles. The lowest BCUT2D eigenvalue weighted by Gasteiger charge is -2.45. The molecule has 0 bridgehead atoms. The molecule has 2 saturated heterocycles. The minimum atomic E-state index is 0.701. The van der Waals surface area contributed by atoms with E-state index in [-0.39, 0.29) is 0 Å². The fraction of sp³-hybridized carbons (Fsp3) is 0.545. The molecule has 2 fully saturated rings. The van der Waals surface area contributed by atoms with Crippen molar-refractivity contribution >= 4 is 21.6 Å². The van der Waals surface area contributed by atoms with Crippen molar-refractivity contribution in [1.29, 1.82) is 0 Å². The van der Waals surface area contributed by atoms with E-state index < -0.39 is 0 Å². The molecule has 4 heteroatoms. The van der Waals surface area contributed by atoms with Gasteiger partial charge in [0.25, 0.3) is 0 Å². The lowest BCUT2D eigenvalue weighted by molar-refractivity contribution is 0.365. The molecule has 0 amide bonds. The highest BCUT2D eigenvalue weighted by molar-refractivity contribution is 9.10. The Kier molecular flexibility index (Phi) is 2.21. The summed E-state index contributed by atoms with van der Waals surface area (Å²) in [5.74, 6) is 0.856. The van der Waals surface area contributed by atoms with E-state index >= 15 is 0 Å². The fourth-order valence-corrected chi connectivity index (χ4v) is 2.73. The van der Waals surface area contributed by atoms with Gasteiger partial charge in [0.05, 0.1) is 11.9 Å². The Balaban J connectivity index is 1.85. The standard InChI is InChI=1S/C11H14BrN3/c1-7-2-9(4-14-11(7)12)15-6-8-3-13-5-10(8)15/h2,4,8,10,13H,3,5-6H2,1H3/t8-,10-/m1/s1. The van der Waals surface area contributed by atoms with E-state index in [2.05, 4.69) is 44.1 Å².